The number of carbonyl (C=O) groups excluding carboxylic acids is 1. The second-order valence-corrected chi connectivity index (χ2v) is 7.48. The molecule has 0 spiro atoms. The van der Waals surface area contributed by atoms with Crippen LogP contribution in [0.4, 0.5) is 0 Å². The van der Waals surface area contributed by atoms with Crippen LogP contribution >= 0.6 is 0 Å². The van der Waals surface area contributed by atoms with Crippen molar-refractivity contribution in [2.24, 2.45) is 5.41 Å². The maximum absolute atomic E-state index is 13.1. The number of nitrogens with one attached hydrogen (secondary N) is 1. The first-order valence-corrected chi connectivity index (χ1v) is 8.69. The van der Waals surface area contributed by atoms with Crippen molar-refractivity contribution < 1.29 is 4.79 Å². The lowest BCUT2D eigenvalue weighted by Gasteiger charge is -2.43. The molecular formula is C17H30N2O. The Hall–Kier alpha value is -0.570. The van der Waals surface area contributed by atoms with E-state index in [4.69, 9.17) is 0 Å². The van der Waals surface area contributed by atoms with Gasteiger partial charge in [-0.3, -0.25) is 4.79 Å². The summed E-state index contributed by atoms with van der Waals surface area (Å²) in [5.41, 5.74) is -0.0712. The summed E-state index contributed by atoms with van der Waals surface area (Å²) < 4.78 is 0. The first-order valence-electron chi connectivity index (χ1n) is 8.69. The molecule has 3 heteroatoms. The Morgan fingerprint density at radius 2 is 1.75 bits per heavy atom. The Kier molecular flexibility index (Phi) is 4.07. The molecule has 2 saturated heterocycles. The summed E-state index contributed by atoms with van der Waals surface area (Å²) in [4.78, 5) is 15.3. The van der Waals surface area contributed by atoms with E-state index >= 15 is 0 Å². The number of amides is 1. The summed E-state index contributed by atoms with van der Waals surface area (Å²) >= 11 is 0. The zero-order valence-electron chi connectivity index (χ0n) is 13.2. The minimum absolute atomic E-state index is 0.0712. The van der Waals surface area contributed by atoms with Gasteiger partial charge in [-0.1, -0.05) is 26.2 Å². The molecule has 3 aliphatic rings. The van der Waals surface area contributed by atoms with Gasteiger partial charge < -0.3 is 10.2 Å². The third kappa shape index (κ3) is 2.61. The first kappa shape index (κ1) is 14.4. The van der Waals surface area contributed by atoms with E-state index in [0.717, 1.165) is 19.4 Å². The number of piperidine rings is 1. The van der Waals surface area contributed by atoms with Crippen molar-refractivity contribution in [1.29, 1.82) is 0 Å². The third-order valence-electron chi connectivity index (χ3n) is 5.96. The zero-order valence-corrected chi connectivity index (χ0v) is 13.2. The molecule has 1 aliphatic carbocycles. The normalized spacial score (nSPS) is 35.8. The van der Waals surface area contributed by atoms with Crippen LogP contribution in [0.2, 0.25) is 0 Å². The van der Waals surface area contributed by atoms with Crippen LogP contribution in [0.1, 0.15) is 71.6 Å². The quantitative estimate of drug-likeness (QED) is 0.860. The van der Waals surface area contributed by atoms with Gasteiger partial charge in [0.1, 0.15) is 0 Å². The largest absolute Gasteiger partial charge is 0.339 e. The van der Waals surface area contributed by atoms with Gasteiger partial charge in [0.15, 0.2) is 0 Å². The number of hydrogen-bond acceptors (Lipinski definition) is 2. The highest BCUT2D eigenvalue weighted by Crippen LogP contribution is 2.39. The Morgan fingerprint density at radius 3 is 2.30 bits per heavy atom. The van der Waals surface area contributed by atoms with E-state index in [-0.39, 0.29) is 5.41 Å². The van der Waals surface area contributed by atoms with Crippen molar-refractivity contribution in [3.05, 3.63) is 0 Å². The third-order valence-corrected chi connectivity index (χ3v) is 5.96. The second-order valence-electron chi connectivity index (χ2n) is 7.48. The molecule has 2 unspecified atom stereocenters. The van der Waals surface area contributed by atoms with Crippen LogP contribution in [0, 0.1) is 5.41 Å². The average molecular weight is 278 g/mol. The molecule has 1 N–H and O–H groups in total. The van der Waals surface area contributed by atoms with Crippen molar-refractivity contribution in [2.45, 2.75) is 89.8 Å². The molecule has 2 bridgehead atoms. The summed E-state index contributed by atoms with van der Waals surface area (Å²) in [5, 5.41) is 3.69. The Labute approximate surface area is 123 Å². The number of fused-ring (bicyclic) bond motifs is 2. The summed E-state index contributed by atoms with van der Waals surface area (Å²) in [6, 6.07) is 1.82. The molecular weight excluding hydrogens is 248 g/mol. The predicted molar refractivity (Wildman–Crippen MR) is 81.5 cm³/mol. The minimum atomic E-state index is -0.0712. The summed E-state index contributed by atoms with van der Waals surface area (Å²) in [7, 11) is 0. The molecule has 2 heterocycles. The molecule has 3 nitrogen and oxygen atoms in total. The molecule has 0 aromatic heterocycles. The fourth-order valence-electron chi connectivity index (χ4n) is 4.74. The Bertz CT molecular complexity index is 350. The Morgan fingerprint density at radius 1 is 1.15 bits per heavy atom. The number of hydrogen-bond donors (Lipinski definition) is 1. The van der Waals surface area contributed by atoms with E-state index in [1.54, 1.807) is 0 Å². The first-order chi connectivity index (χ1) is 9.62. The van der Waals surface area contributed by atoms with E-state index in [1.165, 1.54) is 44.9 Å². The van der Waals surface area contributed by atoms with E-state index in [1.807, 2.05) is 0 Å². The molecule has 2 atom stereocenters. The smallest absolute Gasteiger partial charge is 0.228 e. The zero-order chi connectivity index (χ0) is 14.2. The molecule has 2 aliphatic heterocycles. The molecule has 1 amide bonds. The van der Waals surface area contributed by atoms with Crippen LogP contribution in [0.15, 0.2) is 0 Å². The van der Waals surface area contributed by atoms with Crippen molar-refractivity contribution in [1.82, 2.24) is 10.2 Å². The van der Waals surface area contributed by atoms with Gasteiger partial charge in [0.05, 0.1) is 0 Å². The van der Waals surface area contributed by atoms with Gasteiger partial charge in [-0.25, -0.2) is 0 Å². The number of carbonyl (C=O) groups is 1. The van der Waals surface area contributed by atoms with E-state index in [0.29, 0.717) is 24.0 Å². The topological polar surface area (TPSA) is 32.3 Å². The van der Waals surface area contributed by atoms with E-state index in [2.05, 4.69) is 24.1 Å². The van der Waals surface area contributed by atoms with Crippen LogP contribution in [0.5, 0.6) is 0 Å². The molecule has 3 fully saturated rings. The summed E-state index contributed by atoms with van der Waals surface area (Å²) in [5.74, 6) is 0.450. The second kappa shape index (κ2) is 5.67. The van der Waals surface area contributed by atoms with Gasteiger partial charge in [0.2, 0.25) is 5.91 Å². The van der Waals surface area contributed by atoms with Gasteiger partial charge in [-0.2, -0.15) is 0 Å². The highest BCUT2D eigenvalue weighted by molar-refractivity contribution is 5.82. The van der Waals surface area contributed by atoms with Crippen molar-refractivity contribution >= 4 is 5.91 Å². The lowest BCUT2D eigenvalue weighted by molar-refractivity contribution is -0.146. The van der Waals surface area contributed by atoms with Crippen LogP contribution in [0.3, 0.4) is 0 Å². The molecule has 0 aromatic rings. The standard InChI is InChI=1S/C17H30N2O/c1-3-19(15-11-13-7-8-14(12-15)18-13)16(20)17(2)9-5-4-6-10-17/h13-15,18H,3-12H2,1-2H3. The summed E-state index contributed by atoms with van der Waals surface area (Å²) in [6.45, 7) is 5.26. The average Bonchev–Trinajstić information content (AvgIpc) is 2.79. The highest BCUT2D eigenvalue weighted by Gasteiger charge is 2.42. The molecule has 20 heavy (non-hydrogen) atoms. The van der Waals surface area contributed by atoms with Gasteiger partial charge >= 0.3 is 0 Å². The van der Waals surface area contributed by atoms with Crippen LogP contribution < -0.4 is 5.32 Å². The van der Waals surface area contributed by atoms with Crippen molar-refractivity contribution in [2.75, 3.05) is 6.54 Å². The number of rotatable bonds is 3. The predicted octanol–water partition coefficient (Wildman–Crippen LogP) is 3.09. The maximum atomic E-state index is 13.1. The molecule has 0 radical (unpaired) electrons. The Balaban J connectivity index is 1.70. The van der Waals surface area contributed by atoms with E-state index < -0.39 is 0 Å². The molecule has 3 rings (SSSR count). The van der Waals surface area contributed by atoms with Crippen LogP contribution in [-0.2, 0) is 4.79 Å². The van der Waals surface area contributed by atoms with Crippen LogP contribution in [-0.4, -0.2) is 35.5 Å². The van der Waals surface area contributed by atoms with Gasteiger partial charge in [0.25, 0.3) is 0 Å². The molecule has 114 valence electrons. The fourth-order valence-corrected chi connectivity index (χ4v) is 4.74. The number of nitrogens with zero attached hydrogens (tertiary/aromatic N) is 1. The summed E-state index contributed by atoms with van der Waals surface area (Å²) in [6.07, 6.45) is 10.9. The molecule has 0 aromatic carbocycles. The van der Waals surface area contributed by atoms with Gasteiger partial charge in [-0.05, 0) is 45.4 Å². The van der Waals surface area contributed by atoms with Crippen LogP contribution in [0.25, 0.3) is 0 Å². The fraction of sp³-hybridized carbons (Fsp3) is 0.941. The minimum Gasteiger partial charge on any atom is -0.339 e. The highest BCUT2D eigenvalue weighted by atomic mass is 16.2. The van der Waals surface area contributed by atoms with Gasteiger partial charge in [0, 0.05) is 30.1 Å². The molecule has 1 saturated carbocycles. The lowest BCUT2D eigenvalue weighted by Crippen LogP contribution is -2.53. The SMILES string of the molecule is CCN(C(=O)C1(C)CCCCC1)C1CC2CCC(C1)N2. The van der Waals surface area contributed by atoms with E-state index in [9.17, 15) is 4.79 Å². The monoisotopic (exact) mass is 278 g/mol. The van der Waals surface area contributed by atoms with Crippen molar-refractivity contribution in [3.8, 4) is 0 Å². The van der Waals surface area contributed by atoms with Gasteiger partial charge in [-0.15, -0.1) is 0 Å². The maximum Gasteiger partial charge on any atom is 0.228 e. The lowest BCUT2D eigenvalue weighted by atomic mass is 9.74. The van der Waals surface area contributed by atoms with Crippen molar-refractivity contribution in [3.63, 3.8) is 0 Å².